The highest BCUT2D eigenvalue weighted by molar-refractivity contribution is 6.30. The van der Waals surface area contributed by atoms with Crippen molar-refractivity contribution in [2.45, 2.75) is 18.8 Å². The fraction of sp³-hybridized carbons (Fsp3) is 0.462. The zero-order valence-corrected chi connectivity index (χ0v) is 11.5. The van der Waals surface area contributed by atoms with E-state index < -0.39 is 0 Å². The average Bonchev–Trinajstić information content (AvgIpc) is 2.30. The van der Waals surface area contributed by atoms with Crippen LogP contribution in [-0.2, 0) is 4.84 Å². The average molecular weight is 287 g/mol. The molecular weight excluding hydrogens is 271 g/mol. The molecule has 0 heterocycles. The Labute approximate surface area is 117 Å². The molecule has 18 heavy (non-hydrogen) atoms. The van der Waals surface area contributed by atoms with Crippen molar-refractivity contribution in [2.24, 2.45) is 5.92 Å². The second kappa shape index (κ2) is 6.41. The third kappa shape index (κ3) is 3.37. The molecule has 98 valence electrons. The van der Waals surface area contributed by atoms with Crippen LogP contribution in [0.3, 0.4) is 0 Å². The molecule has 1 aromatic carbocycles. The van der Waals surface area contributed by atoms with Gasteiger partial charge in [-0.15, -0.1) is 11.6 Å². The monoisotopic (exact) mass is 286 g/mol. The molecule has 0 bridgehead atoms. The molecule has 5 heteroatoms. The van der Waals surface area contributed by atoms with Gasteiger partial charge in [-0.2, -0.15) is 0 Å². The van der Waals surface area contributed by atoms with E-state index in [1.54, 1.807) is 0 Å². The normalized spacial score (nSPS) is 22.3. The van der Waals surface area contributed by atoms with Gasteiger partial charge >= 0.3 is 0 Å². The van der Waals surface area contributed by atoms with E-state index in [0.29, 0.717) is 24.2 Å². The Morgan fingerprint density at radius 2 is 2.00 bits per heavy atom. The molecule has 1 aliphatic rings. The minimum absolute atomic E-state index is 0.265. The summed E-state index contributed by atoms with van der Waals surface area (Å²) >= 11 is 11.3. The summed E-state index contributed by atoms with van der Waals surface area (Å²) in [6, 6.07) is 7.95. The molecule has 0 spiro atoms. The summed E-state index contributed by atoms with van der Waals surface area (Å²) in [6.45, 7) is 0.414. The fourth-order valence-corrected chi connectivity index (χ4v) is 2.31. The molecule has 0 amide bonds. The van der Waals surface area contributed by atoms with Gasteiger partial charge < -0.3 is 0 Å². The quantitative estimate of drug-likeness (QED) is 0.286. The van der Waals surface area contributed by atoms with Crippen molar-refractivity contribution >= 4 is 29.0 Å². The summed E-state index contributed by atoms with van der Waals surface area (Å²) in [5, 5.41) is 8.57. The summed E-state index contributed by atoms with van der Waals surface area (Å²) in [4.78, 5) is 5.03. The Balaban J connectivity index is 1.76. The van der Waals surface area contributed by atoms with Gasteiger partial charge in [-0.3, -0.25) is 15.7 Å². The van der Waals surface area contributed by atoms with Gasteiger partial charge in [-0.1, -0.05) is 23.7 Å². The van der Waals surface area contributed by atoms with Gasteiger partial charge in [0.1, 0.15) is 5.84 Å². The number of amidine groups is 1. The lowest BCUT2D eigenvalue weighted by molar-refractivity contribution is 0.0901. The van der Waals surface area contributed by atoms with Crippen LogP contribution in [0.15, 0.2) is 24.3 Å². The zero-order chi connectivity index (χ0) is 13.0. The van der Waals surface area contributed by atoms with Crippen molar-refractivity contribution in [1.82, 2.24) is 5.48 Å². The van der Waals surface area contributed by atoms with E-state index in [2.05, 4.69) is 17.6 Å². The smallest absolute Gasteiger partial charge is 0.121 e. The molecule has 0 unspecified atom stereocenters. The van der Waals surface area contributed by atoms with Gasteiger partial charge in [0.25, 0.3) is 0 Å². The van der Waals surface area contributed by atoms with Crippen LogP contribution >= 0.6 is 23.2 Å². The second-order valence-corrected chi connectivity index (χ2v) is 5.28. The number of rotatable bonds is 5. The molecule has 3 nitrogen and oxygen atoms in total. The molecule has 2 N–H and O–H groups in total. The molecule has 1 saturated carbocycles. The Morgan fingerprint density at radius 1 is 1.33 bits per heavy atom. The van der Waals surface area contributed by atoms with Crippen LogP contribution < -0.4 is 5.48 Å². The number of alkyl halides is 1. The first-order valence-electron chi connectivity index (χ1n) is 5.98. The first-order valence-corrected chi connectivity index (χ1v) is 6.89. The number of benzene rings is 1. The van der Waals surface area contributed by atoms with E-state index >= 15 is 0 Å². The summed E-state index contributed by atoms with van der Waals surface area (Å²) in [7, 11) is 0. The van der Waals surface area contributed by atoms with Crippen LogP contribution in [0.4, 0.5) is 0 Å². The molecule has 0 atom stereocenters. The number of halogens is 2. The molecule has 2 rings (SSSR count). The van der Waals surface area contributed by atoms with Crippen LogP contribution in [-0.4, -0.2) is 18.3 Å². The zero-order valence-electron chi connectivity index (χ0n) is 9.96. The molecule has 1 fully saturated rings. The SMILES string of the molecule is N=C(NOCCCl)C1CC(c2ccc(Cl)cc2)C1. The number of hydroxylamine groups is 1. The largest absolute Gasteiger partial charge is 0.287 e. The Kier molecular flexibility index (Phi) is 4.87. The van der Waals surface area contributed by atoms with Crippen LogP contribution in [0.5, 0.6) is 0 Å². The Hall–Kier alpha value is -0.770. The minimum Gasteiger partial charge on any atom is -0.287 e. The van der Waals surface area contributed by atoms with E-state index in [-0.39, 0.29) is 5.92 Å². The third-order valence-corrected chi connectivity index (χ3v) is 3.66. The van der Waals surface area contributed by atoms with E-state index in [0.717, 1.165) is 17.9 Å². The van der Waals surface area contributed by atoms with Gasteiger partial charge in [-0.05, 0) is 36.5 Å². The van der Waals surface area contributed by atoms with Crippen molar-refractivity contribution in [2.75, 3.05) is 12.5 Å². The van der Waals surface area contributed by atoms with Gasteiger partial charge in [0, 0.05) is 16.8 Å². The lowest BCUT2D eigenvalue weighted by atomic mass is 9.71. The maximum Gasteiger partial charge on any atom is 0.121 e. The maximum atomic E-state index is 7.81. The molecule has 0 saturated heterocycles. The minimum atomic E-state index is 0.265. The lowest BCUT2D eigenvalue weighted by Gasteiger charge is -2.35. The molecule has 1 aliphatic carbocycles. The summed E-state index contributed by atoms with van der Waals surface area (Å²) in [5.74, 6) is 1.67. The first kappa shape index (κ1) is 13.7. The highest BCUT2D eigenvalue weighted by Crippen LogP contribution is 2.41. The van der Waals surface area contributed by atoms with Crippen molar-refractivity contribution in [3.63, 3.8) is 0 Å². The van der Waals surface area contributed by atoms with Crippen LogP contribution in [0.25, 0.3) is 0 Å². The molecule has 0 aromatic heterocycles. The highest BCUT2D eigenvalue weighted by atomic mass is 35.5. The molecule has 0 radical (unpaired) electrons. The third-order valence-electron chi connectivity index (χ3n) is 3.25. The van der Waals surface area contributed by atoms with E-state index in [9.17, 15) is 0 Å². The second-order valence-electron chi connectivity index (χ2n) is 4.47. The van der Waals surface area contributed by atoms with Gasteiger partial charge in [0.15, 0.2) is 0 Å². The van der Waals surface area contributed by atoms with Crippen LogP contribution in [0.1, 0.15) is 24.3 Å². The highest BCUT2D eigenvalue weighted by Gasteiger charge is 2.33. The standard InChI is InChI=1S/C13H16Cl2N2O/c14-5-6-18-17-13(16)11-7-10(8-11)9-1-3-12(15)4-2-9/h1-4,10-11H,5-8H2,(H2,16,17). The number of hydrogen-bond acceptors (Lipinski definition) is 2. The van der Waals surface area contributed by atoms with E-state index in [4.69, 9.17) is 33.4 Å². The van der Waals surface area contributed by atoms with Crippen molar-refractivity contribution in [3.05, 3.63) is 34.9 Å². The predicted octanol–water partition coefficient (Wildman–Crippen LogP) is 3.57. The summed E-state index contributed by atoms with van der Waals surface area (Å²) in [5.41, 5.74) is 3.94. The van der Waals surface area contributed by atoms with Gasteiger partial charge in [-0.25, -0.2) is 0 Å². The Morgan fingerprint density at radius 3 is 2.61 bits per heavy atom. The maximum absolute atomic E-state index is 7.81. The van der Waals surface area contributed by atoms with Gasteiger partial charge in [0.05, 0.1) is 6.61 Å². The molecule has 1 aromatic rings. The Bertz CT molecular complexity index is 402. The molecular formula is C13H16Cl2N2O. The topological polar surface area (TPSA) is 45.1 Å². The van der Waals surface area contributed by atoms with Crippen molar-refractivity contribution < 1.29 is 4.84 Å². The van der Waals surface area contributed by atoms with Crippen molar-refractivity contribution in [3.8, 4) is 0 Å². The number of hydrogen-bond donors (Lipinski definition) is 2. The molecule has 0 aliphatic heterocycles. The fourth-order valence-electron chi connectivity index (χ4n) is 2.11. The van der Waals surface area contributed by atoms with E-state index in [1.807, 2.05) is 12.1 Å². The first-order chi connectivity index (χ1) is 8.70. The van der Waals surface area contributed by atoms with E-state index in [1.165, 1.54) is 5.56 Å². The van der Waals surface area contributed by atoms with Crippen LogP contribution in [0, 0.1) is 11.3 Å². The predicted molar refractivity (Wildman–Crippen MR) is 74.5 cm³/mol. The van der Waals surface area contributed by atoms with Crippen LogP contribution in [0.2, 0.25) is 5.02 Å². The van der Waals surface area contributed by atoms with Crippen molar-refractivity contribution in [1.29, 1.82) is 5.41 Å². The lowest BCUT2D eigenvalue weighted by Crippen LogP contribution is -2.37. The number of nitrogens with one attached hydrogen (secondary N) is 2. The summed E-state index contributed by atoms with van der Waals surface area (Å²) < 4.78 is 0. The summed E-state index contributed by atoms with van der Waals surface area (Å²) in [6.07, 6.45) is 1.97. The van der Waals surface area contributed by atoms with Gasteiger partial charge in [0.2, 0.25) is 0 Å².